The second-order valence-electron chi connectivity index (χ2n) is 7.03. The summed E-state index contributed by atoms with van der Waals surface area (Å²) in [6.07, 6.45) is 0. The van der Waals surface area contributed by atoms with E-state index in [1.807, 2.05) is 66.7 Å². The van der Waals surface area contributed by atoms with Crippen LogP contribution in [0, 0.1) is 0 Å². The SMILES string of the molecule is C=C1c2ccccc2C(=O)c2cc(-c3ccccc3-c3ccccc3)ccc21. The van der Waals surface area contributed by atoms with Crippen LogP contribution in [0.5, 0.6) is 0 Å². The van der Waals surface area contributed by atoms with Gasteiger partial charge in [0, 0.05) is 11.1 Å². The highest BCUT2D eigenvalue weighted by Gasteiger charge is 2.26. The zero-order chi connectivity index (χ0) is 19.1. The summed E-state index contributed by atoms with van der Waals surface area (Å²) >= 11 is 0. The Labute approximate surface area is 164 Å². The molecule has 4 aromatic carbocycles. The van der Waals surface area contributed by atoms with Crippen molar-refractivity contribution >= 4 is 11.4 Å². The number of hydrogen-bond acceptors (Lipinski definition) is 1. The number of ketones is 1. The van der Waals surface area contributed by atoms with Gasteiger partial charge in [-0.05, 0) is 45.0 Å². The Kier molecular flexibility index (Phi) is 3.80. The smallest absolute Gasteiger partial charge is 0.194 e. The van der Waals surface area contributed by atoms with Crippen LogP contribution in [0.2, 0.25) is 0 Å². The fourth-order valence-corrected chi connectivity index (χ4v) is 4.00. The number of hydrogen-bond donors (Lipinski definition) is 0. The van der Waals surface area contributed by atoms with E-state index in [0.717, 1.165) is 50.1 Å². The highest BCUT2D eigenvalue weighted by atomic mass is 16.1. The van der Waals surface area contributed by atoms with Crippen molar-refractivity contribution in [2.75, 3.05) is 0 Å². The quantitative estimate of drug-likeness (QED) is 0.346. The van der Waals surface area contributed by atoms with E-state index in [-0.39, 0.29) is 5.78 Å². The van der Waals surface area contributed by atoms with Crippen molar-refractivity contribution in [3.8, 4) is 22.3 Å². The number of rotatable bonds is 2. The molecule has 0 N–H and O–H groups in total. The van der Waals surface area contributed by atoms with Gasteiger partial charge in [0.05, 0.1) is 0 Å². The van der Waals surface area contributed by atoms with Gasteiger partial charge in [-0.2, -0.15) is 0 Å². The summed E-state index contributed by atoms with van der Waals surface area (Å²) in [6.45, 7) is 4.25. The molecule has 0 aromatic heterocycles. The lowest BCUT2D eigenvalue weighted by Gasteiger charge is -2.22. The molecule has 0 fully saturated rings. The van der Waals surface area contributed by atoms with Crippen molar-refractivity contribution in [1.82, 2.24) is 0 Å². The summed E-state index contributed by atoms with van der Waals surface area (Å²) in [5.74, 6) is 0.0667. The van der Waals surface area contributed by atoms with E-state index >= 15 is 0 Å². The molecule has 0 radical (unpaired) electrons. The molecule has 132 valence electrons. The second kappa shape index (κ2) is 6.47. The zero-order valence-electron chi connectivity index (χ0n) is 15.4. The molecule has 0 spiro atoms. The summed E-state index contributed by atoms with van der Waals surface area (Å²) < 4.78 is 0. The molecule has 4 aromatic rings. The highest BCUT2D eigenvalue weighted by molar-refractivity contribution is 6.19. The maximum absolute atomic E-state index is 13.2. The molecule has 0 amide bonds. The average molecular weight is 358 g/mol. The van der Waals surface area contributed by atoms with Crippen molar-refractivity contribution in [3.63, 3.8) is 0 Å². The average Bonchev–Trinajstić information content (AvgIpc) is 2.78. The molecule has 0 atom stereocenters. The molecular weight excluding hydrogens is 340 g/mol. The molecule has 0 unspecified atom stereocenters. The second-order valence-corrected chi connectivity index (χ2v) is 7.03. The minimum Gasteiger partial charge on any atom is -0.289 e. The van der Waals surface area contributed by atoms with Crippen LogP contribution in [0.15, 0.2) is 104 Å². The number of fused-ring (bicyclic) bond motifs is 2. The number of carbonyl (C=O) groups excluding carboxylic acids is 1. The van der Waals surface area contributed by atoms with E-state index in [0.29, 0.717) is 0 Å². The van der Waals surface area contributed by atoms with Crippen LogP contribution < -0.4 is 0 Å². The first kappa shape index (κ1) is 16.5. The van der Waals surface area contributed by atoms with Gasteiger partial charge in [-0.1, -0.05) is 97.6 Å². The largest absolute Gasteiger partial charge is 0.289 e. The predicted octanol–water partition coefficient (Wildman–Crippen LogP) is 6.63. The fourth-order valence-electron chi connectivity index (χ4n) is 4.00. The minimum absolute atomic E-state index is 0.0667. The van der Waals surface area contributed by atoms with Gasteiger partial charge in [-0.3, -0.25) is 4.79 Å². The molecule has 0 bridgehead atoms. The van der Waals surface area contributed by atoms with Gasteiger partial charge in [0.1, 0.15) is 0 Å². The predicted molar refractivity (Wildman–Crippen MR) is 115 cm³/mol. The molecule has 0 saturated heterocycles. The van der Waals surface area contributed by atoms with Crippen molar-refractivity contribution in [3.05, 3.63) is 126 Å². The molecule has 1 aliphatic carbocycles. The lowest BCUT2D eigenvalue weighted by Crippen LogP contribution is -2.14. The van der Waals surface area contributed by atoms with E-state index in [9.17, 15) is 4.79 Å². The summed E-state index contributed by atoms with van der Waals surface area (Å²) in [7, 11) is 0. The lowest BCUT2D eigenvalue weighted by molar-refractivity contribution is 0.103. The molecule has 0 saturated carbocycles. The Morgan fingerprint density at radius 3 is 1.71 bits per heavy atom. The van der Waals surface area contributed by atoms with Crippen molar-refractivity contribution in [1.29, 1.82) is 0 Å². The van der Waals surface area contributed by atoms with Crippen LogP contribution in [0.4, 0.5) is 0 Å². The lowest BCUT2D eigenvalue weighted by atomic mass is 9.80. The first-order valence-corrected chi connectivity index (χ1v) is 9.36. The molecule has 1 nitrogen and oxygen atoms in total. The number of carbonyl (C=O) groups is 1. The van der Waals surface area contributed by atoms with Crippen LogP contribution in [0.25, 0.3) is 27.8 Å². The van der Waals surface area contributed by atoms with Gasteiger partial charge in [0.15, 0.2) is 5.78 Å². The topological polar surface area (TPSA) is 17.1 Å². The van der Waals surface area contributed by atoms with Gasteiger partial charge >= 0.3 is 0 Å². The van der Waals surface area contributed by atoms with Gasteiger partial charge in [0.2, 0.25) is 0 Å². The highest BCUT2D eigenvalue weighted by Crippen LogP contribution is 2.38. The van der Waals surface area contributed by atoms with E-state index in [2.05, 4.69) is 36.9 Å². The Hall–Kier alpha value is -3.71. The molecule has 1 heteroatoms. The Bertz CT molecular complexity index is 1230. The molecule has 5 rings (SSSR count). The van der Waals surface area contributed by atoms with Crippen LogP contribution >= 0.6 is 0 Å². The van der Waals surface area contributed by atoms with Crippen LogP contribution in [0.3, 0.4) is 0 Å². The zero-order valence-corrected chi connectivity index (χ0v) is 15.4. The van der Waals surface area contributed by atoms with Crippen molar-refractivity contribution in [2.45, 2.75) is 0 Å². The van der Waals surface area contributed by atoms with E-state index in [1.165, 1.54) is 0 Å². The summed E-state index contributed by atoms with van der Waals surface area (Å²) in [5.41, 5.74) is 8.70. The first-order valence-electron chi connectivity index (χ1n) is 9.36. The van der Waals surface area contributed by atoms with E-state index in [4.69, 9.17) is 0 Å². The van der Waals surface area contributed by atoms with Gasteiger partial charge in [-0.25, -0.2) is 0 Å². The normalized spacial score (nSPS) is 12.4. The van der Waals surface area contributed by atoms with Crippen LogP contribution in [-0.4, -0.2) is 5.78 Å². The number of benzene rings is 4. The van der Waals surface area contributed by atoms with Crippen molar-refractivity contribution < 1.29 is 4.79 Å². The summed E-state index contributed by atoms with van der Waals surface area (Å²) in [5, 5.41) is 0. The van der Waals surface area contributed by atoms with Gasteiger partial charge in [0.25, 0.3) is 0 Å². The minimum atomic E-state index is 0.0667. The van der Waals surface area contributed by atoms with Gasteiger partial charge in [-0.15, -0.1) is 0 Å². The maximum atomic E-state index is 13.2. The van der Waals surface area contributed by atoms with Crippen LogP contribution in [-0.2, 0) is 0 Å². The summed E-state index contributed by atoms with van der Waals surface area (Å²) in [4.78, 5) is 13.2. The third kappa shape index (κ3) is 2.52. The Morgan fingerprint density at radius 2 is 1.00 bits per heavy atom. The van der Waals surface area contributed by atoms with E-state index in [1.54, 1.807) is 0 Å². The molecule has 28 heavy (non-hydrogen) atoms. The molecular formula is C27H18O. The summed E-state index contributed by atoms with van der Waals surface area (Å²) in [6, 6.07) is 32.5. The molecule has 0 heterocycles. The maximum Gasteiger partial charge on any atom is 0.194 e. The molecule has 0 aliphatic heterocycles. The van der Waals surface area contributed by atoms with Crippen molar-refractivity contribution in [2.24, 2.45) is 0 Å². The van der Waals surface area contributed by atoms with Gasteiger partial charge < -0.3 is 0 Å². The Morgan fingerprint density at radius 1 is 0.464 bits per heavy atom. The van der Waals surface area contributed by atoms with Crippen LogP contribution in [0.1, 0.15) is 27.0 Å². The fraction of sp³-hybridized carbons (Fsp3) is 0. The first-order chi connectivity index (χ1) is 13.7. The monoisotopic (exact) mass is 358 g/mol. The molecule has 1 aliphatic rings. The third-order valence-corrected chi connectivity index (χ3v) is 5.41. The standard InChI is InChI=1S/C27H18O/c1-18-21-11-5-8-14-25(21)27(28)26-17-20(15-16-22(18)26)24-13-7-6-12-23(24)19-9-3-2-4-10-19/h2-17H,1H2. The third-order valence-electron chi connectivity index (χ3n) is 5.41. The Balaban J connectivity index is 1.68. The van der Waals surface area contributed by atoms with E-state index < -0.39 is 0 Å².